The third-order valence-electron chi connectivity index (χ3n) is 8.80. The monoisotopic (exact) mass is 532 g/mol. The zero-order chi connectivity index (χ0) is 28.7. The molecule has 2 bridgehead atoms. The third kappa shape index (κ3) is 4.83. The van der Waals surface area contributed by atoms with Crippen LogP contribution in [0.15, 0.2) is 25.3 Å². The molecule has 2 amide bonds. The van der Waals surface area contributed by atoms with Crippen LogP contribution in [0.1, 0.15) is 80.6 Å². The Morgan fingerprint density at radius 3 is 2.37 bits per heavy atom. The molecule has 0 aromatic heterocycles. The minimum atomic E-state index is -1.16. The summed E-state index contributed by atoms with van der Waals surface area (Å²) in [4.78, 5) is 45.7. The van der Waals surface area contributed by atoms with Gasteiger partial charge in [0, 0.05) is 12.1 Å². The van der Waals surface area contributed by atoms with Crippen LogP contribution in [-0.2, 0) is 23.9 Å². The summed E-state index contributed by atoms with van der Waals surface area (Å²) in [5.74, 6) is -2.70. The largest absolute Gasteiger partial charge is 0.461 e. The van der Waals surface area contributed by atoms with Gasteiger partial charge in [0.15, 0.2) is 0 Å². The molecule has 3 rings (SSSR count). The van der Waals surface area contributed by atoms with Gasteiger partial charge in [-0.1, -0.05) is 53.3 Å². The summed E-state index contributed by atoms with van der Waals surface area (Å²) in [7, 11) is 0. The van der Waals surface area contributed by atoms with Gasteiger partial charge in [-0.05, 0) is 51.4 Å². The van der Waals surface area contributed by atoms with Crippen molar-refractivity contribution in [1.29, 1.82) is 0 Å². The van der Waals surface area contributed by atoms with Crippen LogP contribution in [0.2, 0.25) is 0 Å². The van der Waals surface area contributed by atoms with Gasteiger partial charge in [-0.15, -0.1) is 6.58 Å². The Bertz CT molecular complexity index is 951. The molecule has 3 aliphatic heterocycles. The first kappa shape index (κ1) is 30.4. The van der Waals surface area contributed by atoms with E-state index in [-0.39, 0.29) is 30.4 Å². The van der Waals surface area contributed by atoms with E-state index in [9.17, 15) is 19.5 Å². The number of amides is 2. The number of aliphatic hydroxyl groups excluding tert-OH is 1. The Hall–Kier alpha value is -2.19. The van der Waals surface area contributed by atoms with Gasteiger partial charge in [0.1, 0.15) is 24.2 Å². The third-order valence-corrected chi connectivity index (χ3v) is 8.80. The van der Waals surface area contributed by atoms with E-state index in [0.717, 1.165) is 6.42 Å². The van der Waals surface area contributed by atoms with E-state index in [1.54, 1.807) is 11.0 Å². The smallest absolute Gasteiger partial charge is 0.313 e. The molecule has 0 aromatic carbocycles. The molecule has 6 atom stereocenters. The van der Waals surface area contributed by atoms with Crippen molar-refractivity contribution in [1.82, 2.24) is 9.80 Å². The number of aliphatic hydroxyl groups is 1. The zero-order valence-corrected chi connectivity index (χ0v) is 24.4. The molecule has 1 spiro atoms. The number of likely N-dealkylation sites (tertiary alicyclic amines) is 1. The molecule has 2 unspecified atom stereocenters. The quantitative estimate of drug-likeness (QED) is 0.303. The van der Waals surface area contributed by atoms with Crippen LogP contribution in [0.5, 0.6) is 0 Å². The standard InChI is InChI=1S/C30H48N2O6/c1-10-16-31(28(8,9)19-27(5,6)7)25(35)23-30-15-14-29(13-4,38-30)22(26(36)37-17-11-2)21(30)24(34)32(23)20(12-3)18-33/h10-11,20-23,33H,1-2,12-19H2,3-9H3/t20-,21-,22-,23?,29+,30?/m0/s1. The first-order valence-electron chi connectivity index (χ1n) is 14.0. The highest BCUT2D eigenvalue weighted by Gasteiger charge is 2.79. The lowest BCUT2D eigenvalue weighted by atomic mass is 9.65. The first-order chi connectivity index (χ1) is 17.7. The van der Waals surface area contributed by atoms with Crippen molar-refractivity contribution in [2.45, 2.75) is 109 Å². The van der Waals surface area contributed by atoms with E-state index in [2.05, 4.69) is 33.9 Å². The molecule has 214 valence electrons. The van der Waals surface area contributed by atoms with Crippen molar-refractivity contribution in [3.05, 3.63) is 25.3 Å². The average Bonchev–Trinajstić information content (AvgIpc) is 3.44. The van der Waals surface area contributed by atoms with E-state index < -0.39 is 46.6 Å². The van der Waals surface area contributed by atoms with Crippen molar-refractivity contribution in [3.8, 4) is 0 Å². The van der Waals surface area contributed by atoms with Gasteiger partial charge in [0.25, 0.3) is 0 Å². The summed E-state index contributed by atoms with van der Waals surface area (Å²) in [6, 6.07) is -1.53. The number of fused-ring (bicyclic) bond motifs is 1. The molecule has 8 nitrogen and oxygen atoms in total. The fourth-order valence-electron chi connectivity index (χ4n) is 7.64. The molecule has 0 aliphatic carbocycles. The lowest BCUT2D eigenvalue weighted by molar-refractivity contribution is -0.164. The summed E-state index contributed by atoms with van der Waals surface area (Å²) in [6.07, 6.45) is 5.96. The van der Waals surface area contributed by atoms with Crippen LogP contribution in [0, 0.1) is 17.3 Å². The molecule has 38 heavy (non-hydrogen) atoms. The molecule has 3 aliphatic rings. The number of carbonyl (C=O) groups is 3. The maximum Gasteiger partial charge on any atom is 0.313 e. The molecule has 1 N–H and O–H groups in total. The highest BCUT2D eigenvalue weighted by Crippen LogP contribution is 2.65. The number of carbonyl (C=O) groups excluding carboxylic acids is 3. The van der Waals surface area contributed by atoms with Gasteiger partial charge in [-0.3, -0.25) is 14.4 Å². The van der Waals surface area contributed by atoms with E-state index in [4.69, 9.17) is 9.47 Å². The van der Waals surface area contributed by atoms with Gasteiger partial charge in [0.05, 0.1) is 24.2 Å². The van der Waals surface area contributed by atoms with Crippen LogP contribution in [0.25, 0.3) is 0 Å². The average molecular weight is 533 g/mol. The molecule has 0 radical (unpaired) electrons. The fraction of sp³-hybridized carbons (Fsp3) is 0.767. The summed E-state index contributed by atoms with van der Waals surface area (Å²) in [5, 5.41) is 10.3. The highest BCUT2D eigenvalue weighted by molar-refractivity contribution is 5.99. The van der Waals surface area contributed by atoms with Crippen molar-refractivity contribution in [2.75, 3.05) is 19.8 Å². The Morgan fingerprint density at radius 1 is 1.21 bits per heavy atom. The van der Waals surface area contributed by atoms with Gasteiger partial charge < -0.3 is 24.4 Å². The maximum absolute atomic E-state index is 14.7. The van der Waals surface area contributed by atoms with Crippen molar-refractivity contribution in [2.24, 2.45) is 17.3 Å². The van der Waals surface area contributed by atoms with Gasteiger partial charge in [-0.25, -0.2) is 0 Å². The molecule has 0 aromatic rings. The number of nitrogens with zero attached hydrogens (tertiary/aromatic N) is 2. The van der Waals surface area contributed by atoms with Crippen molar-refractivity contribution in [3.63, 3.8) is 0 Å². The van der Waals surface area contributed by atoms with E-state index in [1.165, 1.54) is 11.0 Å². The second-order valence-electron chi connectivity index (χ2n) is 13.0. The lowest BCUT2D eigenvalue weighted by Gasteiger charge is -2.46. The fourth-order valence-corrected chi connectivity index (χ4v) is 7.64. The van der Waals surface area contributed by atoms with E-state index >= 15 is 0 Å². The number of ether oxygens (including phenoxy) is 2. The lowest BCUT2D eigenvalue weighted by Crippen LogP contribution is -2.62. The molecular formula is C30H48N2O6. The van der Waals surface area contributed by atoms with Crippen LogP contribution in [0.4, 0.5) is 0 Å². The minimum Gasteiger partial charge on any atom is -0.461 e. The Balaban J connectivity index is 2.17. The molecule has 8 heteroatoms. The number of hydrogen-bond donors (Lipinski definition) is 1. The van der Waals surface area contributed by atoms with Crippen molar-refractivity contribution < 1.29 is 29.0 Å². The Morgan fingerprint density at radius 2 is 1.87 bits per heavy atom. The predicted octanol–water partition coefficient (Wildman–Crippen LogP) is 3.87. The Kier molecular flexibility index (Phi) is 8.60. The predicted molar refractivity (Wildman–Crippen MR) is 146 cm³/mol. The molecular weight excluding hydrogens is 484 g/mol. The summed E-state index contributed by atoms with van der Waals surface area (Å²) >= 11 is 0. The van der Waals surface area contributed by atoms with Crippen LogP contribution >= 0.6 is 0 Å². The summed E-state index contributed by atoms with van der Waals surface area (Å²) in [5.41, 5.74) is -2.63. The minimum absolute atomic E-state index is 0.0391. The number of rotatable bonds is 12. The molecule has 0 saturated carbocycles. The second-order valence-corrected chi connectivity index (χ2v) is 13.0. The summed E-state index contributed by atoms with van der Waals surface area (Å²) in [6.45, 7) is 21.9. The van der Waals surface area contributed by atoms with Crippen LogP contribution in [-0.4, -0.2) is 81.3 Å². The first-order valence-corrected chi connectivity index (χ1v) is 14.0. The maximum atomic E-state index is 14.7. The number of esters is 1. The highest BCUT2D eigenvalue weighted by atomic mass is 16.6. The summed E-state index contributed by atoms with van der Waals surface area (Å²) < 4.78 is 12.3. The van der Waals surface area contributed by atoms with Crippen LogP contribution in [0.3, 0.4) is 0 Å². The second kappa shape index (κ2) is 10.8. The topological polar surface area (TPSA) is 96.4 Å². The number of hydrogen-bond acceptors (Lipinski definition) is 6. The van der Waals surface area contributed by atoms with Crippen LogP contribution < -0.4 is 0 Å². The Labute approximate surface area is 228 Å². The van der Waals surface area contributed by atoms with Crippen molar-refractivity contribution >= 4 is 17.8 Å². The van der Waals surface area contributed by atoms with E-state index in [0.29, 0.717) is 32.2 Å². The normalized spacial score (nSPS) is 31.2. The zero-order valence-electron chi connectivity index (χ0n) is 24.4. The van der Waals surface area contributed by atoms with Gasteiger partial charge in [-0.2, -0.15) is 0 Å². The SMILES string of the molecule is C=CCOC(=O)[C@@H]1[C@H]2C(=O)N([C@@H](CC)CO)C(C(=O)N(CC=C)C(C)(C)CC(C)(C)C)C23CC[C@@]1(CC)O3. The molecule has 3 saturated heterocycles. The molecule has 3 heterocycles. The van der Waals surface area contributed by atoms with E-state index in [1.807, 2.05) is 27.7 Å². The molecule has 3 fully saturated rings. The van der Waals surface area contributed by atoms with Gasteiger partial charge in [0.2, 0.25) is 11.8 Å². The van der Waals surface area contributed by atoms with Gasteiger partial charge >= 0.3 is 5.97 Å².